The number of hydrogen-bond acceptors (Lipinski definition) is 4. The molecule has 1 N–H and O–H groups in total. The molecule has 2 aromatic heterocycles. The number of carbonyl (C=O) groups is 1. The molecule has 1 aliphatic rings. The number of para-hydroxylation sites is 1. The number of benzene rings is 1. The number of nitrogens with zero attached hydrogens (tertiary/aromatic N) is 3. The normalized spacial score (nSPS) is 19.0. The van der Waals surface area contributed by atoms with E-state index in [0.717, 1.165) is 37.4 Å². The number of nitrogens with one attached hydrogen (secondary N) is 1. The second-order valence-electron chi connectivity index (χ2n) is 8.32. The lowest BCUT2D eigenvalue weighted by atomic mass is 9.89. The van der Waals surface area contributed by atoms with Gasteiger partial charge in [-0.3, -0.25) is 9.78 Å². The molecule has 1 aromatic carbocycles. The van der Waals surface area contributed by atoms with Gasteiger partial charge in [0.1, 0.15) is 5.69 Å². The highest BCUT2D eigenvalue weighted by Crippen LogP contribution is 2.36. The molecule has 0 aliphatic heterocycles. The van der Waals surface area contributed by atoms with Gasteiger partial charge in [0.15, 0.2) is 0 Å². The van der Waals surface area contributed by atoms with Crippen LogP contribution in [0.5, 0.6) is 0 Å². The average molecular weight is 442 g/mol. The number of halogens is 3. The van der Waals surface area contributed by atoms with Crippen LogP contribution >= 0.6 is 0 Å². The van der Waals surface area contributed by atoms with Crippen LogP contribution in [-0.2, 0) is 6.18 Å². The Labute approximate surface area is 184 Å². The summed E-state index contributed by atoms with van der Waals surface area (Å²) in [7, 11) is 1.84. The van der Waals surface area contributed by atoms with Crippen LogP contribution < -0.4 is 10.2 Å². The first kappa shape index (κ1) is 22.0. The number of pyridine rings is 2. The summed E-state index contributed by atoms with van der Waals surface area (Å²) in [5.74, 6) is -0.123. The van der Waals surface area contributed by atoms with Crippen molar-refractivity contribution in [1.82, 2.24) is 15.3 Å². The van der Waals surface area contributed by atoms with Crippen molar-refractivity contribution in [3.63, 3.8) is 0 Å². The zero-order chi connectivity index (χ0) is 22.9. The molecule has 1 saturated carbocycles. The lowest BCUT2D eigenvalue weighted by molar-refractivity contribution is -0.140. The van der Waals surface area contributed by atoms with Crippen LogP contribution in [0.2, 0.25) is 0 Å². The van der Waals surface area contributed by atoms with Gasteiger partial charge in [-0.15, -0.1) is 0 Å². The van der Waals surface area contributed by atoms with Crippen molar-refractivity contribution < 1.29 is 18.0 Å². The summed E-state index contributed by atoms with van der Waals surface area (Å²) in [6.07, 6.45) is 0.181. The van der Waals surface area contributed by atoms with E-state index in [1.807, 2.05) is 24.9 Å². The Hall–Kier alpha value is -3.16. The Morgan fingerprint density at radius 3 is 2.50 bits per heavy atom. The lowest BCUT2D eigenvalue weighted by Crippen LogP contribution is -2.43. The smallest absolute Gasteiger partial charge is 0.371 e. The first-order valence-electron chi connectivity index (χ1n) is 10.7. The highest BCUT2D eigenvalue weighted by atomic mass is 19.4. The van der Waals surface area contributed by atoms with Gasteiger partial charge in [-0.1, -0.05) is 18.2 Å². The Balaban J connectivity index is 1.47. The van der Waals surface area contributed by atoms with E-state index >= 15 is 0 Å². The number of fused-ring (bicyclic) bond motifs is 1. The first-order chi connectivity index (χ1) is 15.2. The number of anilines is 1. The molecule has 0 spiro atoms. The van der Waals surface area contributed by atoms with Crippen LogP contribution in [0, 0.1) is 6.92 Å². The summed E-state index contributed by atoms with van der Waals surface area (Å²) < 4.78 is 40.2. The van der Waals surface area contributed by atoms with Gasteiger partial charge in [0.05, 0.1) is 5.52 Å². The number of alkyl halides is 3. The molecule has 8 heteroatoms. The van der Waals surface area contributed by atoms with Crippen molar-refractivity contribution >= 4 is 22.5 Å². The van der Waals surface area contributed by atoms with Crippen LogP contribution in [0.15, 0.2) is 48.7 Å². The first-order valence-corrected chi connectivity index (χ1v) is 10.7. The largest absolute Gasteiger partial charge is 0.433 e. The third kappa shape index (κ3) is 4.69. The van der Waals surface area contributed by atoms with Crippen LogP contribution in [0.3, 0.4) is 0 Å². The molecule has 0 atom stereocenters. The minimum absolute atomic E-state index is 0.0422. The maximum atomic E-state index is 13.4. The van der Waals surface area contributed by atoms with Crippen molar-refractivity contribution in [2.45, 2.75) is 50.9 Å². The second-order valence-corrected chi connectivity index (χ2v) is 8.32. The highest BCUT2D eigenvalue weighted by Gasteiger charge is 2.34. The van der Waals surface area contributed by atoms with Crippen LogP contribution in [0.4, 0.5) is 18.9 Å². The number of rotatable bonds is 4. The molecule has 0 unspecified atom stereocenters. The van der Waals surface area contributed by atoms with Crippen molar-refractivity contribution in [2.75, 3.05) is 11.9 Å². The fraction of sp³-hybridized carbons (Fsp3) is 0.375. The van der Waals surface area contributed by atoms with E-state index in [4.69, 9.17) is 0 Å². The molecule has 32 heavy (non-hydrogen) atoms. The SMILES string of the molecule is Cc1cc(C(=O)N[C@H]2CC[C@@H](N(C)c3cc(C(F)(F)F)nc4ccccc34)CC2)ccn1. The minimum atomic E-state index is -4.51. The van der Waals surface area contributed by atoms with Gasteiger partial charge in [0.2, 0.25) is 0 Å². The molecule has 2 heterocycles. The standard InChI is InChI=1S/C24H25F3N4O/c1-15-13-16(11-12-28-15)23(32)29-17-7-9-18(10-8-17)31(2)21-14-22(24(25,26)27)30-20-6-4-3-5-19(20)21/h3-6,11-14,17-18H,7-10H2,1-2H3,(H,29,32)/t17-,18+. The zero-order valence-electron chi connectivity index (χ0n) is 18.0. The van der Waals surface area contributed by atoms with E-state index in [1.54, 1.807) is 36.5 Å². The summed E-state index contributed by atoms with van der Waals surface area (Å²) in [5, 5.41) is 3.78. The Morgan fingerprint density at radius 2 is 1.81 bits per heavy atom. The monoisotopic (exact) mass is 442 g/mol. The van der Waals surface area contributed by atoms with E-state index < -0.39 is 11.9 Å². The van der Waals surface area contributed by atoms with Crippen molar-refractivity contribution in [1.29, 1.82) is 0 Å². The van der Waals surface area contributed by atoms with Gasteiger partial charge in [-0.25, -0.2) is 4.98 Å². The van der Waals surface area contributed by atoms with Crippen molar-refractivity contribution in [3.8, 4) is 0 Å². The van der Waals surface area contributed by atoms with Gasteiger partial charge in [0, 0.05) is 47.7 Å². The molecular formula is C24H25F3N4O. The fourth-order valence-electron chi connectivity index (χ4n) is 4.35. The predicted octanol–water partition coefficient (Wildman–Crippen LogP) is 5.13. The summed E-state index contributed by atoms with van der Waals surface area (Å²) in [4.78, 5) is 22.4. The third-order valence-corrected chi connectivity index (χ3v) is 6.10. The van der Waals surface area contributed by atoms with Gasteiger partial charge >= 0.3 is 6.18 Å². The Morgan fingerprint density at radius 1 is 1.09 bits per heavy atom. The quantitative estimate of drug-likeness (QED) is 0.608. The van der Waals surface area contributed by atoms with Crippen LogP contribution in [-0.4, -0.2) is 35.0 Å². The third-order valence-electron chi connectivity index (χ3n) is 6.10. The number of carbonyl (C=O) groups excluding carboxylic acids is 1. The number of aryl methyl sites for hydroxylation is 1. The molecule has 5 nitrogen and oxygen atoms in total. The predicted molar refractivity (Wildman–Crippen MR) is 118 cm³/mol. The number of hydrogen-bond donors (Lipinski definition) is 1. The number of amides is 1. The molecule has 1 aliphatic carbocycles. The summed E-state index contributed by atoms with van der Waals surface area (Å²) in [6, 6.07) is 11.6. The minimum Gasteiger partial charge on any atom is -0.371 e. The maximum Gasteiger partial charge on any atom is 0.433 e. The fourth-order valence-corrected chi connectivity index (χ4v) is 4.35. The average Bonchev–Trinajstić information content (AvgIpc) is 2.77. The van der Waals surface area contributed by atoms with Gasteiger partial charge in [0.25, 0.3) is 5.91 Å². The highest BCUT2D eigenvalue weighted by molar-refractivity contribution is 5.94. The van der Waals surface area contributed by atoms with Crippen molar-refractivity contribution in [2.24, 2.45) is 0 Å². The van der Waals surface area contributed by atoms with E-state index in [0.29, 0.717) is 22.2 Å². The summed E-state index contributed by atoms with van der Waals surface area (Å²) >= 11 is 0. The molecule has 1 fully saturated rings. The molecular weight excluding hydrogens is 417 g/mol. The zero-order valence-corrected chi connectivity index (χ0v) is 18.0. The molecule has 0 bridgehead atoms. The van der Waals surface area contributed by atoms with Crippen LogP contribution in [0.1, 0.15) is 47.4 Å². The van der Waals surface area contributed by atoms with E-state index in [1.165, 1.54) is 0 Å². The van der Waals surface area contributed by atoms with Gasteiger partial charge < -0.3 is 10.2 Å². The Kier molecular flexibility index (Phi) is 6.04. The maximum absolute atomic E-state index is 13.4. The molecule has 4 rings (SSSR count). The topological polar surface area (TPSA) is 58.1 Å². The second kappa shape index (κ2) is 8.76. The molecule has 0 saturated heterocycles. The van der Waals surface area contributed by atoms with E-state index in [-0.39, 0.29) is 18.0 Å². The van der Waals surface area contributed by atoms with E-state index in [9.17, 15) is 18.0 Å². The molecule has 1 amide bonds. The van der Waals surface area contributed by atoms with Gasteiger partial charge in [-0.2, -0.15) is 13.2 Å². The molecule has 168 valence electrons. The van der Waals surface area contributed by atoms with Crippen LogP contribution in [0.25, 0.3) is 10.9 Å². The summed E-state index contributed by atoms with van der Waals surface area (Å²) in [6.45, 7) is 1.84. The molecule has 0 radical (unpaired) electrons. The summed E-state index contributed by atoms with van der Waals surface area (Å²) in [5.41, 5.74) is 1.34. The van der Waals surface area contributed by atoms with E-state index in [2.05, 4.69) is 15.3 Å². The van der Waals surface area contributed by atoms with Gasteiger partial charge in [-0.05, 0) is 56.9 Å². The van der Waals surface area contributed by atoms with Crippen molar-refractivity contribution in [3.05, 3.63) is 65.6 Å². The lowest BCUT2D eigenvalue weighted by Gasteiger charge is -2.37. The molecule has 3 aromatic rings. The Bertz CT molecular complexity index is 1120. The number of aromatic nitrogens is 2.